The molecule has 0 spiro atoms. The zero-order chi connectivity index (χ0) is 21.8. The maximum atomic E-state index is 6.06. The third-order valence-corrected chi connectivity index (χ3v) is 7.15. The topological polar surface area (TPSA) is 21.7 Å². The molecule has 5 rings (SSSR count). The van der Waals surface area contributed by atoms with Gasteiger partial charge in [0.1, 0.15) is 18.1 Å². The third kappa shape index (κ3) is 5.37. The fraction of sp³-hybridized carbons (Fsp3) is 0.379. The summed E-state index contributed by atoms with van der Waals surface area (Å²) in [5, 5.41) is 0. The molecular formula is C29H34ClNO2. The Kier molecular flexibility index (Phi) is 7.95. The van der Waals surface area contributed by atoms with Crippen LogP contribution in [0.5, 0.6) is 11.5 Å². The summed E-state index contributed by atoms with van der Waals surface area (Å²) in [5.74, 6) is 2.72. The molecule has 0 unspecified atom stereocenters. The number of hydrogen-bond acceptors (Lipinski definition) is 3. The van der Waals surface area contributed by atoms with E-state index in [0.717, 1.165) is 37.5 Å². The van der Waals surface area contributed by atoms with Gasteiger partial charge in [-0.2, -0.15) is 0 Å². The van der Waals surface area contributed by atoms with Crippen LogP contribution in [-0.4, -0.2) is 38.3 Å². The summed E-state index contributed by atoms with van der Waals surface area (Å²) in [7, 11) is 1.75. The Morgan fingerprint density at radius 3 is 2.30 bits per heavy atom. The zero-order valence-corrected chi connectivity index (χ0v) is 20.2. The van der Waals surface area contributed by atoms with Crippen molar-refractivity contribution in [2.75, 3.05) is 33.4 Å². The van der Waals surface area contributed by atoms with Gasteiger partial charge in [0.25, 0.3) is 0 Å². The number of rotatable bonds is 7. The van der Waals surface area contributed by atoms with Crippen molar-refractivity contribution in [1.82, 2.24) is 4.90 Å². The highest BCUT2D eigenvalue weighted by Gasteiger charge is 2.32. The van der Waals surface area contributed by atoms with E-state index in [-0.39, 0.29) is 12.4 Å². The number of hydrogen-bond donors (Lipinski definition) is 0. The summed E-state index contributed by atoms with van der Waals surface area (Å²) in [5.41, 5.74) is 5.61. The molecule has 1 heterocycles. The van der Waals surface area contributed by atoms with Gasteiger partial charge >= 0.3 is 0 Å². The Balaban J connectivity index is 0.00000259. The molecule has 1 fully saturated rings. The van der Waals surface area contributed by atoms with Gasteiger partial charge in [-0.25, -0.2) is 0 Å². The van der Waals surface area contributed by atoms with Crippen LogP contribution in [0.1, 0.15) is 53.4 Å². The lowest BCUT2D eigenvalue weighted by atomic mass is 9.69. The van der Waals surface area contributed by atoms with Crippen molar-refractivity contribution in [1.29, 1.82) is 0 Å². The van der Waals surface area contributed by atoms with Gasteiger partial charge in [-0.3, -0.25) is 4.90 Å². The van der Waals surface area contributed by atoms with E-state index in [9.17, 15) is 0 Å². The number of benzene rings is 3. The molecule has 0 radical (unpaired) electrons. The lowest BCUT2D eigenvalue weighted by molar-refractivity contribution is 0.237. The van der Waals surface area contributed by atoms with Gasteiger partial charge in [0, 0.05) is 12.5 Å². The number of aryl methyl sites for hydroxylation is 1. The van der Waals surface area contributed by atoms with Crippen molar-refractivity contribution in [3.63, 3.8) is 0 Å². The van der Waals surface area contributed by atoms with Crippen LogP contribution < -0.4 is 9.47 Å². The van der Waals surface area contributed by atoms with E-state index in [4.69, 9.17) is 9.47 Å². The second-order valence-corrected chi connectivity index (χ2v) is 9.06. The number of halogens is 1. The first-order chi connectivity index (χ1) is 15.8. The molecule has 3 aromatic carbocycles. The van der Waals surface area contributed by atoms with Crippen LogP contribution in [0, 0.1) is 0 Å². The average molecular weight is 464 g/mol. The minimum absolute atomic E-state index is 0. The van der Waals surface area contributed by atoms with Crippen molar-refractivity contribution < 1.29 is 9.47 Å². The second kappa shape index (κ2) is 11.1. The molecule has 1 saturated heterocycles. The van der Waals surface area contributed by atoms with Gasteiger partial charge < -0.3 is 9.47 Å². The van der Waals surface area contributed by atoms with Gasteiger partial charge in [0.15, 0.2) is 0 Å². The van der Waals surface area contributed by atoms with Crippen LogP contribution in [0.25, 0.3) is 0 Å². The Morgan fingerprint density at radius 1 is 0.848 bits per heavy atom. The van der Waals surface area contributed by atoms with E-state index in [0.29, 0.717) is 11.8 Å². The zero-order valence-electron chi connectivity index (χ0n) is 19.4. The van der Waals surface area contributed by atoms with E-state index in [1.165, 1.54) is 48.2 Å². The maximum absolute atomic E-state index is 6.06. The monoisotopic (exact) mass is 463 g/mol. The lowest BCUT2D eigenvalue weighted by Crippen LogP contribution is -2.25. The fourth-order valence-electron chi connectivity index (χ4n) is 5.46. The number of nitrogens with zero attached hydrogens (tertiary/aromatic N) is 1. The van der Waals surface area contributed by atoms with Crippen molar-refractivity contribution in [3.05, 3.63) is 95.1 Å². The average Bonchev–Trinajstić information content (AvgIpc) is 3.37. The van der Waals surface area contributed by atoms with Crippen LogP contribution >= 0.6 is 12.4 Å². The highest BCUT2D eigenvalue weighted by atomic mass is 35.5. The van der Waals surface area contributed by atoms with E-state index in [1.54, 1.807) is 7.11 Å². The van der Waals surface area contributed by atoms with Crippen molar-refractivity contribution in [2.24, 2.45) is 0 Å². The molecule has 1 aliphatic heterocycles. The summed E-state index contributed by atoms with van der Waals surface area (Å²) >= 11 is 0. The standard InChI is InChI=1S/C29H33NO2.ClH/c1-31-26-14-16-28-24(21-26)11-15-27(22-7-3-2-4-8-22)29(28)23-9-12-25(13-10-23)32-20-19-30-17-5-6-18-30;/h2-4,7-10,12-14,16,21,27,29H,5-6,11,15,17-20H2,1H3;1H/t27-,29+;/m1./s1. The minimum atomic E-state index is 0. The predicted molar refractivity (Wildman–Crippen MR) is 137 cm³/mol. The van der Waals surface area contributed by atoms with Gasteiger partial charge in [0.2, 0.25) is 0 Å². The van der Waals surface area contributed by atoms with Crippen LogP contribution in [-0.2, 0) is 6.42 Å². The molecule has 0 N–H and O–H groups in total. The van der Waals surface area contributed by atoms with E-state index in [1.807, 2.05) is 0 Å². The molecule has 0 bridgehead atoms. The fourth-order valence-corrected chi connectivity index (χ4v) is 5.46. The Hall–Kier alpha value is -2.49. The quantitative estimate of drug-likeness (QED) is 0.401. The molecule has 0 saturated carbocycles. The normalized spacial score (nSPS) is 20.0. The maximum Gasteiger partial charge on any atom is 0.119 e. The molecule has 4 heteroatoms. The SMILES string of the molecule is COc1ccc2c(c1)CC[C@H](c1ccccc1)[C@@H]2c1ccc(OCCN2CCCC2)cc1.Cl. The molecule has 2 atom stereocenters. The smallest absolute Gasteiger partial charge is 0.119 e. The van der Waals surface area contributed by atoms with Crippen molar-refractivity contribution >= 4 is 12.4 Å². The number of likely N-dealkylation sites (tertiary alicyclic amines) is 1. The largest absolute Gasteiger partial charge is 0.497 e. The van der Waals surface area contributed by atoms with Gasteiger partial charge in [-0.15, -0.1) is 12.4 Å². The molecule has 33 heavy (non-hydrogen) atoms. The number of ether oxygens (including phenoxy) is 2. The first kappa shape index (κ1) is 23.7. The van der Waals surface area contributed by atoms with Crippen LogP contribution in [0.15, 0.2) is 72.8 Å². The van der Waals surface area contributed by atoms with Gasteiger partial charge in [-0.1, -0.05) is 48.5 Å². The van der Waals surface area contributed by atoms with Gasteiger partial charge in [0.05, 0.1) is 7.11 Å². The van der Waals surface area contributed by atoms with Crippen LogP contribution in [0.3, 0.4) is 0 Å². The van der Waals surface area contributed by atoms with E-state index >= 15 is 0 Å². The molecule has 174 valence electrons. The molecule has 0 aromatic heterocycles. The van der Waals surface area contributed by atoms with E-state index in [2.05, 4.69) is 77.7 Å². The summed E-state index contributed by atoms with van der Waals surface area (Å²) in [6, 6.07) is 26.4. The molecule has 0 amide bonds. The molecule has 3 nitrogen and oxygen atoms in total. The first-order valence-electron chi connectivity index (χ1n) is 12.0. The predicted octanol–water partition coefficient (Wildman–Crippen LogP) is 6.45. The number of fused-ring (bicyclic) bond motifs is 1. The highest BCUT2D eigenvalue weighted by molar-refractivity contribution is 5.85. The Morgan fingerprint density at radius 2 is 1.58 bits per heavy atom. The molecule has 2 aliphatic rings. The molecule has 1 aliphatic carbocycles. The summed E-state index contributed by atoms with van der Waals surface area (Å²) in [6.07, 6.45) is 4.88. The lowest BCUT2D eigenvalue weighted by Gasteiger charge is -2.35. The van der Waals surface area contributed by atoms with Gasteiger partial charge in [-0.05, 0) is 91.2 Å². The molecule has 3 aromatic rings. The van der Waals surface area contributed by atoms with Crippen molar-refractivity contribution in [2.45, 2.75) is 37.5 Å². The Labute approximate surface area is 204 Å². The second-order valence-electron chi connectivity index (χ2n) is 9.06. The van der Waals surface area contributed by atoms with E-state index < -0.39 is 0 Å². The highest BCUT2D eigenvalue weighted by Crippen LogP contribution is 2.47. The first-order valence-corrected chi connectivity index (χ1v) is 12.0. The molecular weight excluding hydrogens is 430 g/mol. The van der Waals surface area contributed by atoms with Crippen LogP contribution in [0.4, 0.5) is 0 Å². The summed E-state index contributed by atoms with van der Waals surface area (Å²) in [4.78, 5) is 2.49. The summed E-state index contributed by atoms with van der Waals surface area (Å²) in [6.45, 7) is 4.22. The number of methoxy groups -OCH3 is 1. The Bertz CT molecular complexity index is 1020. The van der Waals surface area contributed by atoms with Crippen LogP contribution in [0.2, 0.25) is 0 Å². The van der Waals surface area contributed by atoms with Crippen molar-refractivity contribution in [3.8, 4) is 11.5 Å². The summed E-state index contributed by atoms with van der Waals surface area (Å²) < 4.78 is 11.6. The third-order valence-electron chi connectivity index (χ3n) is 7.15. The minimum Gasteiger partial charge on any atom is -0.497 e.